The van der Waals surface area contributed by atoms with Gasteiger partial charge in [-0.2, -0.15) is 0 Å². The van der Waals surface area contributed by atoms with E-state index in [1.165, 1.54) is 128 Å². The van der Waals surface area contributed by atoms with Crippen molar-refractivity contribution in [1.82, 2.24) is 5.32 Å². The Morgan fingerprint density at radius 2 is 0.693 bits per heavy atom. The van der Waals surface area contributed by atoms with Gasteiger partial charge in [0.1, 0.15) is 48.8 Å². The first kappa shape index (κ1) is 92.7. The molecule has 9 N–H and O–H groups in total. The van der Waals surface area contributed by atoms with Gasteiger partial charge >= 0.3 is 0 Å². The van der Waals surface area contributed by atoms with Crippen molar-refractivity contribution >= 4 is 5.91 Å². The van der Waals surface area contributed by atoms with Gasteiger partial charge in [-0.3, -0.25) is 4.79 Å². The van der Waals surface area contributed by atoms with Crippen LogP contribution < -0.4 is 5.32 Å². The quantitative estimate of drug-likeness (QED) is 0.0204. The molecule has 14 nitrogen and oxygen atoms in total. The fourth-order valence-corrected chi connectivity index (χ4v) is 12.1. The minimum Gasteiger partial charge on any atom is -0.394 e. The number of ether oxygens (including phenoxy) is 4. The molecule has 2 saturated heterocycles. The topological polar surface area (TPSA) is 228 Å². The van der Waals surface area contributed by atoms with E-state index < -0.39 is 86.8 Å². The molecule has 576 valence electrons. The summed E-state index contributed by atoms with van der Waals surface area (Å²) >= 11 is 0. The van der Waals surface area contributed by atoms with Gasteiger partial charge in [-0.15, -0.1) is 0 Å². The van der Waals surface area contributed by atoms with E-state index in [-0.39, 0.29) is 18.9 Å². The summed E-state index contributed by atoms with van der Waals surface area (Å²) in [5.41, 5.74) is 0. The highest BCUT2D eigenvalue weighted by molar-refractivity contribution is 5.76. The largest absolute Gasteiger partial charge is 0.394 e. The molecule has 2 fully saturated rings. The highest BCUT2D eigenvalue weighted by Gasteiger charge is 2.51. The maximum Gasteiger partial charge on any atom is 0.220 e. The molecule has 12 atom stereocenters. The van der Waals surface area contributed by atoms with Crippen LogP contribution in [0.4, 0.5) is 0 Å². The fourth-order valence-electron chi connectivity index (χ4n) is 12.1. The van der Waals surface area contributed by atoms with Gasteiger partial charge in [-0.25, -0.2) is 0 Å². The van der Waals surface area contributed by atoms with Crippen LogP contribution in [0.25, 0.3) is 0 Å². The average molecular weight is 1410 g/mol. The first-order valence-electron chi connectivity index (χ1n) is 40.2. The van der Waals surface area contributed by atoms with Crippen molar-refractivity contribution in [3.63, 3.8) is 0 Å². The predicted molar refractivity (Wildman–Crippen MR) is 419 cm³/mol. The molecule has 2 aliphatic rings. The van der Waals surface area contributed by atoms with Crippen LogP contribution in [0.1, 0.15) is 290 Å². The van der Waals surface area contributed by atoms with E-state index in [2.05, 4.69) is 165 Å². The second kappa shape index (κ2) is 68.7. The second-order valence-corrected chi connectivity index (χ2v) is 27.4. The molecule has 0 saturated carbocycles. The van der Waals surface area contributed by atoms with Crippen molar-refractivity contribution in [2.45, 2.75) is 364 Å². The zero-order valence-corrected chi connectivity index (χ0v) is 63.1. The predicted octanol–water partition coefficient (Wildman–Crippen LogP) is 18.5. The van der Waals surface area contributed by atoms with E-state index in [1.807, 2.05) is 6.08 Å². The first-order valence-corrected chi connectivity index (χ1v) is 40.2. The molecule has 2 heterocycles. The molecule has 0 aliphatic carbocycles. The Kier molecular flexibility index (Phi) is 63.1. The molecule has 0 aromatic rings. The normalized spacial score (nSPS) is 22.6. The van der Waals surface area contributed by atoms with Gasteiger partial charge < -0.3 is 65.1 Å². The molecule has 2 aliphatic heterocycles. The minimum atomic E-state index is -1.80. The molecular formula is C87H145NO13. The standard InChI is InChI=1S/C87H145NO13/c1-3-5-7-9-11-13-15-17-19-21-23-25-27-29-31-32-33-34-35-36-37-38-39-40-41-42-43-44-45-47-49-51-53-55-57-59-61-63-65-67-69-71-79(92)88-75(74-98-86-84(97)82(95)85(78(73-90)100-86)101-87-83(96)81(94)80(93)77(72-89)99-87)76(91)70-68-66-64-62-60-58-56-54-52-50-48-46-30-28-26-24-22-20-18-16-14-12-10-8-6-4-2/h5,7,11,13,17,19,23,25,29,31,33-34,36-37,39-40,42-43,45,47,51,53,60,62,68,70,75-78,80-87,89-91,93-97H,3-4,6,8-10,12,14-16,18,20-22,24,26-28,30,32,35,38,41,44,46,48-50,52,54-59,61,63-67,69,71-74H2,1-2H3,(H,88,92)/b7-5-,13-11-,19-17-,25-23-,31-29-,34-33-,37-36-,40-39-,43-42-,47-45-,53-51-,62-60+,70-68+. The molecule has 0 radical (unpaired) electrons. The zero-order chi connectivity index (χ0) is 73.0. The summed E-state index contributed by atoms with van der Waals surface area (Å²) in [4.78, 5) is 13.4. The molecule has 0 spiro atoms. The van der Waals surface area contributed by atoms with Crippen LogP contribution in [0, 0.1) is 0 Å². The molecular weight excluding hydrogens is 1270 g/mol. The fraction of sp³-hybridized carbons (Fsp3) is 0.690. The molecule has 0 bridgehead atoms. The summed E-state index contributed by atoms with van der Waals surface area (Å²) < 4.78 is 22.9. The Morgan fingerprint density at radius 1 is 0.366 bits per heavy atom. The van der Waals surface area contributed by atoms with Crippen molar-refractivity contribution in [3.05, 3.63) is 158 Å². The summed E-state index contributed by atoms with van der Waals surface area (Å²) in [5, 5.41) is 87.6. The molecule has 2 rings (SSSR count). The summed E-state index contributed by atoms with van der Waals surface area (Å²) in [6.07, 6.45) is 88.8. The third kappa shape index (κ3) is 51.4. The summed E-state index contributed by atoms with van der Waals surface area (Å²) in [5.74, 6) is -0.264. The lowest BCUT2D eigenvalue weighted by atomic mass is 9.97. The number of hydrogen-bond acceptors (Lipinski definition) is 13. The third-order valence-electron chi connectivity index (χ3n) is 18.4. The summed E-state index contributed by atoms with van der Waals surface area (Å²) in [6, 6.07) is -0.951. The first-order chi connectivity index (χ1) is 49.6. The van der Waals surface area contributed by atoms with Gasteiger partial charge in [-0.05, 0) is 116 Å². The van der Waals surface area contributed by atoms with Crippen LogP contribution in [0.2, 0.25) is 0 Å². The number of allylic oxidation sites excluding steroid dienone is 25. The van der Waals surface area contributed by atoms with E-state index >= 15 is 0 Å². The highest BCUT2D eigenvalue weighted by atomic mass is 16.7. The lowest BCUT2D eigenvalue weighted by Gasteiger charge is -2.46. The lowest BCUT2D eigenvalue weighted by Crippen LogP contribution is -2.65. The molecule has 101 heavy (non-hydrogen) atoms. The van der Waals surface area contributed by atoms with Crippen LogP contribution in [-0.2, 0) is 23.7 Å². The number of aliphatic hydroxyl groups excluding tert-OH is 8. The number of rotatable bonds is 65. The SMILES string of the molecule is CC/C=C\C/C=C\C/C=C\C/C=C\C/C=C\C/C=C\C/C=C\C/C=C\C/C=C\C/C=C\C/C=C\CCCCCCCCCC(=O)NC(COC1OC(CO)C(OC2OC(CO)C(O)C(O)C2O)C(O)C1O)C(O)/C=C/CC/C=C/CCCCCCCCCCCCCCCCCCCCCC. The molecule has 12 unspecified atom stereocenters. The van der Waals surface area contributed by atoms with Crippen LogP contribution >= 0.6 is 0 Å². The Labute approximate surface area is 614 Å². The maximum atomic E-state index is 13.4. The van der Waals surface area contributed by atoms with E-state index in [1.54, 1.807) is 6.08 Å². The minimum absolute atomic E-state index is 0.251. The number of unbranched alkanes of at least 4 members (excludes halogenated alkanes) is 28. The zero-order valence-electron chi connectivity index (χ0n) is 63.1. The number of hydrogen-bond donors (Lipinski definition) is 9. The van der Waals surface area contributed by atoms with Crippen molar-refractivity contribution < 1.29 is 64.6 Å². The van der Waals surface area contributed by atoms with Crippen molar-refractivity contribution in [2.75, 3.05) is 19.8 Å². The number of carbonyl (C=O) groups is 1. The van der Waals surface area contributed by atoms with E-state index in [4.69, 9.17) is 18.9 Å². The Morgan fingerprint density at radius 3 is 1.09 bits per heavy atom. The third-order valence-corrected chi connectivity index (χ3v) is 18.4. The Bertz CT molecular complexity index is 2310. The average Bonchev–Trinajstić information content (AvgIpc) is 0.792. The van der Waals surface area contributed by atoms with Crippen molar-refractivity contribution in [2.24, 2.45) is 0 Å². The molecule has 0 aromatic carbocycles. The summed E-state index contributed by atoms with van der Waals surface area (Å²) in [6.45, 7) is 2.68. The van der Waals surface area contributed by atoms with Crippen LogP contribution in [-0.4, -0.2) is 140 Å². The lowest BCUT2D eigenvalue weighted by molar-refractivity contribution is -0.359. The van der Waals surface area contributed by atoms with Crippen molar-refractivity contribution in [3.8, 4) is 0 Å². The van der Waals surface area contributed by atoms with Crippen LogP contribution in [0.3, 0.4) is 0 Å². The molecule has 1 amide bonds. The van der Waals surface area contributed by atoms with Gasteiger partial charge in [0, 0.05) is 6.42 Å². The monoisotopic (exact) mass is 1410 g/mol. The second-order valence-electron chi connectivity index (χ2n) is 27.4. The smallest absolute Gasteiger partial charge is 0.220 e. The van der Waals surface area contributed by atoms with Crippen molar-refractivity contribution in [1.29, 1.82) is 0 Å². The Hall–Kier alpha value is -4.39. The number of aliphatic hydroxyl groups is 8. The number of amides is 1. The van der Waals surface area contributed by atoms with Gasteiger partial charge in [0.2, 0.25) is 5.91 Å². The van der Waals surface area contributed by atoms with Gasteiger partial charge in [-0.1, -0.05) is 326 Å². The van der Waals surface area contributed by atoms with Gasteiger partial charge in [0.15, 0.2) is 12.6 Å². The number of carbonyl (C=O) groups excluding carboxylic acids is 1. The van der Waals surface area contributed by atoms with E-state index in [0.717, 1.165) is 128 Å². The van der Waals surface area contributed by atoms with E-state index in [9.17, 15) is 45.6 Å². The number of nitrogens with one attached hydrogen (secondary N) is 1. The van der Waals surface area contributed by atoms with Crippen LogP contribution in [0.5, 0.6) is 0 Å². The van der Waals surface area contributed by atoms with Crippen LogP contribution in [0.15, 0.2) is 158 Å². The maximum absolute atomic E-state index is 13.4. The highest BCUT2D eigenvalue weighted by Crippen LogP contribution is 2.30. The summed E-state index contributed by atoms with van der Waals surface area (Å²) in [7, 11) is 0. The van der Waals surface area contributed by atoms with Gasteiger partial charge in [0.05, 0.1) is 32.0 Å². The molecule has 0 aromatic heterocycles. The van der Waals surface area contributed by atoms with E-state index in [0.29, 0.717) is 12.8 Å². The molecule has 14 heteroatoms. The van der Waals surface area contributed by atoms with Gasteiger partial charge in [0.25, 0.3) is 0 Å². The Balaban J connectivity index is 1.65.